The highest BCUT2D eigenvalue weighted by atomic mass is 32.2. The predicted octanol–water partition coefficient (Wildman–Crippen LogP) is 2.10. The third-order valence-electron chi connectivity index (χ3n) is 4.23. The molecule has 0 bridgehead atoms. The van der Waals surface area contributed by atoms with Gasteiger partial charge >= 0.3 is 0 Å². The minimum absolute atomic E-state index is 0.0861. The van der Waals surface area contributed by atoms with E-state index in [4.69, 9.17) is 4.52 Å². The maximum atomic E-state index is 12.5. The Morgan fingerprint density at radius 2 is 1.71 bits per heavy atom. The second kappa shape index (κ2) is 7.92. The Labute approximate surface area is 143 Å². The third kappa shape index (κ3) is 4.66. The molecule has 7 heteroatoms. The van der Waals surface area contributed by atoms with E-state index < -0.39 is 10.0 Å². The first-order valence-electron chi connectivity index (χ1n) is 8.27. The van der Waals surface area contributed by atoms with Crippen LogP contribution in [0.2, 0.25) is 0 Å². The van der Waals surface area contributed by atoms with Gasteiger partial charge < -0.3 is 4.52 Å². The topological polar surface area (TPSA) is 66.7 Å². The first-order valence-corrected chi connectivity index (χ1v) is 9.88. The summed E-state index contributed by atoms with van der Waals surface area (Å²) in [6.45, 7) is 3.86. The molecule has 1 aliphatic heterocycles. The second-order valence-corrected chi connectivity index (χ2v) is 8.08. The Bertz CT molecular complexity index is 707. The Kier molecular flexibility index (Phi) is 5.65. The van der Waals surface area contributed by atoms with Crippen LogP contribution in [-0.2, 0) is 22.3 Å². The van der Waals surface area contributed by atoms with Gasteiger partial charge in [-0.1, -0.05) is 35.5 Å². The number of nitrogens with zero attached hydrogens (tertiary/aromatic N) is 3. The van der Waals surface area contributed by atoms with Crippen LogP contribution in [0, 0.1) is 0 Å². The van der Waals surface area contributed by atoms with Crippen LogP contribution in [0.1, 0.15) is 24.1 Å². The summed E-state index contributed by atoms with van der Waals surface area (Å²) in [5.41, 5.74) is 1.76. The average Bonchev–Trinajstić information content (AvgIpc) is 3.03. The normalized spacial score (nSPS) is 18.2. The highest BCUT2D eigenvalue weighted by Gasteiger charge is 2.25. The van der Waals surface area contributed by atoms with E-state index in [1.807, 2.05) is 6.07 Å². The van der Waals surface area contributed by atoms with Crippen molar-refractivity contribution in [2.45, 2.75) is 25.1 Å². The highest BCUT2D eigenvalue weighted by Crippen LogP contribution is 2.14. The molecule has 0 radical (unpaired) electrons. The van der Waals surface area contributed by atoms with Crippen molar-refractivity contribution in [1.29, 1.82) is 0 Å². The van der Waals surface area contributed by atoms with Gasteiger partial charge in [-0.3, -0.25) is 4.90 Å². The van der Waals surface area contributed by atoms with Crippen molar-refractivity contribution in [3.05, 3.63) is 53.9 Å². The lowest BCUT2D eigenvalue weighted by molar-refractivity contribution is 0.219. The van der Waals surface area contributed by atoms with E-state index in [0.717, 1.165) is 32.5 Å². The van der Waals surface area contributed by atoms with Crippen molar-refractivity contribution in [2.75, 3.05) is 26.2 Å². The third-order valence-corrected chi connectivity index (χ3v) is 6.04. The van der Waals surface area contributed by atoms with Crippen LogP contribution in [-0.4, -0.2) is 49.0 Å². The van der Waals surface area contributed by atoms with E-state index >= 15 is 0 Å². The molecule has 0 spiro atoms. The lowest BCUT2D eigenvalue weighted by atomic mass is 10.2. The summed E-state index contributed by atoms with van der Waals surface area (Å²) in [6.07, 6.45) is 3.08. The second-order valence-electron chi connectivity index (χ2n) is 6.11. The van der Waals surface area contributed by atoms with Crippen molar-refractivity contribution >= 4 is 10.0 Å². The molecule has 1 saturated heterocycles. The van der Waals surface area contributed by atoms with E-state index in [9.17, 15) is 8.42 Å². The van der Waals surface area contributed by atoms with Crippen molar-refractivity contribution < 1.29 is 12.9 Å². The molecule has 6 nitrogen and oxygen atoms in total. The van der Waals surface area contributed by atoms with Gasteiger partial charge in [0.2, 0.25) is 10.0 Å². The molecule has 130 valence electrons. The maximum Gasteiger partial charge on any atom is 0.219 e. The summed E-state index contributed by atoms with van der Waals surface area (Å²) in [4.78, 5) is 2.40. The van der Waals surface area contributed by atoms with Gasteiger partial charge in [-0.25, -0.2) is 12.7 Å². The molecule has 0 unspecified atom stereocenters. The molecule has 1 aliphatic rings. The number of rotatable bonds is 5. The number of benzene rings is 1. The summed E-state index contributed by atoms with van der Waals surface area (Å²) >= 11 is 0. The molecule has 1 aromatic heterocycles. The number of aromatic nitrogens is 1. The zero-order valence-electron chi connectivity index (χ0n) is 13.7. The van der Waals surface area contributed by atoms with Gasteiger partial charge in [0.15, 0.2) is 0 Å². The van der Waals surface area contributed by atoms with Crippen molar-refractivity contribution in [3.63, 3.8) is 0 Å². The summed E-state index contributed by atoms with van der Waals surface area (Å²) in [5, 5.41) is 3.71. The van der Waals surface area contributed by atoms with E-state index in [1.165, 1.54) is 11.8 Å². The van der Waals surface area contributed by atoms with Crippen molar-refractivity contribution in [1.82, 2.24) is 14.4 Å². The number of hydrogen-bond acceptors (Lipinski definition) is 5. The quantitative estimate of drug-likeness (QED) is 0.827. The van der Waals surface area contributed by atoms with Gasteiger partial charge in [0.25, 0.3) is 0 Å². The SMILES string of the molecule is O=S(=O)(Cc1ccon1)N1CCCN(Cc2ccccc2)CCC1. The van der Waals surface area contributed by atoms with E-state index in [-0.39, 0.29) is 5.75 Å². The van der Waals surface area contributed by atoms with Crippen LogP contribution in [0.4, 0.5) is 0 Å². The first-order chi connectivity index (χ1) is 11.6. The van der Waals surface area contributed by atoms with Gasteiger partial charge in [0, 0.05) is 25.7 Å². The van der Waals surface area contributed by atoms with Gasteiger partial charge in [-0.05, 0) is 31.5 Å². The van der Waals surface area contributed by atoms with Crippen LogP contribution >= 0.6 is 0 Å². The molecular formula is C17H23N3O3S. The lowest BCUT2D eigenvalue weighted by Crippen LogP contribution is -2.40. The molecule has 2 aromatic rings. The minimum atomic E-state index is -3.33. The van der Waals surface area contributed by atoms with Gasteiger partial charge in [-0.15, -0.1) is 0 Å². The molecule has 0 N–H and O–H groups in total. The Balaban J connectivity index is 1.54. The van der Waals surface area contributed by atoms with Crippen molar-refractivity contribution in [3.8, 4) is 0 Å². The Hall–Kier alpha value is -1.70. The fourth-order valence-electron chi connectivity index (χ4n) is 3.03. The van der Waals surface area contributed by atoms with Crippen LogP contribution in [0.3, 0.4) is 0 Å². The van der Waals surface area contributed by atoms with E-state index in [2.05, 4.69) is 34.3 Å². The number of sulfonamides is 1. The largest absolute Gasteiger partial charge is 0.364 e. The predicted molar refractivity (Wildman–Crippen MR) is 91.7 cm³/mol. The zero-order valence-corrected chi connectivity index (χ0v) is 14.5. The molecule has 0 saturated carbocycles. The molecule has 0 amide bonds. The van der Waals surface area contributed by atoms with Gasteiger partial charge in [0.1, 0.15) is 12.0 Å². The molecule has 1 aromatic carbocycles. The summed E-state index contributed by atoms with van der Waals surface area (Å²) in [7, 11) is -3.33. The summed E-state index contributed by atoms with van der Waals surface area (Å²) in [6, 6.07) is 12.0. The molecule has 0 aliphatic carbocycles. The van der Waals surface area contributed by atoms with Crippen LogP contribution in [0.5, 0.6) is 0 Å². The summed E-state index contributed by atoms with van der Waals surface area (Å²) in [5.74, 6) is -0.0861. The fraction of sp³-hybridized carbons (Fsp3) is 0.471. The molecule has 1 fully saturated rings. The Morgan fingerprint density at radius 1 is 1.00 bits per heavy atom. The highest BCUT2D eigenvalue weighted by molar-refractivity contribution is 7.88. The molecule has 24 heavy (non-hydrogen) atoms. The van der Waals surface area contributed by atoms with Crippen LogP contribution in [0.25, 0.3) is 0 Å². The van der Waals surface area contributed by atoms with Gasteiger partial charge in [0.05, 0.1) is 5.69 Å². The van der Waals surface area contributed by atoms with Crippen LogP contribution in [0.15, 0.2) is 47.2 Å². The fourth-order valence-corrected chi connectivity index (χ4v) is 4.55. The summed E-state index contributed by atoms with van der Waals surface area (Å²) < 4.78 is 31.4. The molecule has 0 atom stereocenters. The minimum Gasteiger partial charge on any atom is -0.364 e. The average molecular weight is 349 g/mol. The zero-order chi connectivity index (χ0) is 16.8. The maximum absolute atomic E-state index is 12.5. The van der Waals surface area contributed by atoms with Crippen LogP contribution < -0.4 is 0 Å². The monoisotopic (exact) mass is 349 g/mol. The lowest BCUT2D eigenvalue weighted by Gasteiger charge is -2.29. The Morgan fingerprint density at radius 3 is 2.33 bits per heavy atom. The first kappa shape index (κ1) is 17.1. The molecule has 2 heterocycles. The van der Waals surface area contributed by atoms with Crippen molar-refractivity contribution in [2.24, 2.45) is 0 Å². The number of hydrogen-bond donors (Lipinski definition) is 0. The molecular weight excluding hydrogens is 326 g/mol. The standard InChI is InChI=1S/C17H23N3O3S/c21-24(22,15-17-8-13-23-18-17)20-11-4-9-19(10-5-12-20)14-16-6-2-1-3-7-16/h1-3,6-8,13H,4-5,9-12,14-15H2. The molecule has 3 rings (SSSR count). The smallest absolute Gasteiger partial charge is 0.219 e. The van der Waals surface area contributed by atoms with E-state index in [1.54, 1.807) is 10.4 Å². The van der Waals surface area contributed by atoms with E-state index in [0.29, 0.717) is 18.8 Å². The van der Waals surface area contributed by atoms with Gasteiger partial charge in [-0.2, -0.15) is 0 Å².